The monoisotopic (exact) mass is 235 g/mol. The number of Topliss-reactive ketones (excluding diaryl/α,β-unsaturated/α-hetero) is 1. The number of carbonyl (C=O) groups excluding carboxylic acids is 1. The van der Waals surface area contributed by atoms with Gasteiger partial charge in [-0.2, -0.15) is 5.26 Å². The number of carbonyl (C=O) groups is 1. The number of ketones is 1. The fraction of sp³-hybridized carbons (Fsp3) is 0.111. The molecular formula is C9H6BrNO. The number of hydrogen-bond donors (Lipinski definition) is 0. The Morgan fingerprint density at radius 1 is 1.42 bits per heavy atom. The Bertz CT molecular complexity index is 323. The second kappa shape index (κ2) is 4.03. The topological polar surface area (TPSA) is 40.9 Å². The molecule has 12 heavy (non-hydrogen) atoms. The number of nitrogens with zero attached hydrogens (tertiary/aromatic N) is 1. The van der Waals surface area contributed by atoms with Crippen LogP contribution < -0.4 is 0 Å². The van der Waals surface area contributed by atoms with Crippen LogP contribution >= 0.6 is 15.9 Å². The van der Waals surface area contributed by atoms with E-state index in [1.54, 1.807) is 24.3 Å². The number of halogens is 1. The van der Waals surface area contributed by atoms with Crippen molar-refractivity contribution in [1.82, 2.24) is 0 Å². The van der Waals surface area contributed by atoms with Crippen molar-refractivity contribution in [3.8, 4) is 6.07 Å². The highest BCUT2D eigenvalue weighted by Gasteiger charge is 2.01. The van der Waals surface area contributed by atoms with E-state index in [9.17, 15) is 4.79 Å². The molecule has 0 fully saturated rings. The highest BCUT2D eigenvalue weighted by molar-refractivity contribution is 9.09. The molecule has 60 valence electrons. The van der Waals surface area contributed by atoms with Crippen LogP contribution in [-0.2, 0) is 0 Å². The summed E-state index contributed by atoms with van der Waals surface area (Å²) in [6.07, 6.45) is 0. The van der Waals surface area contributed by atoms with Gasteiger partial charge in [-0.25, -0.2) is 0 Å². The van der Waals surface area contributed by atoms with Crippen molar-refractivity contribution in [2.75, 3.05) is 5.33 Å². The number of hydrogen-bond acceptors (Lipinski definition) is 2. The zero-order valence-corrected chi connectivity index (χ0v) is 7.84. The van der Waals surface area contributed by atoms with E-state index in [4.69, 9.17) is 5.26 Å². The van der Waals surface area contributed by atoms with Crippen molar-refractivity contribution in [2.24, 2.45) is 0 Å². The molecule has 0 amide bonds. The van der Waals surface area contributed by atoms with E-state index < -0.39 is 0 Å². The third kappa shape index (κ3) is 1.93. The van der Waals surface area contributed by atoms with Crippen LogP contribution in [0.1, 0.15) is 15.9 Å². The van der Waals surface area contributed by atoms with Crippen molar-refractivity contribution in [2.45, 2.75) is 0 Å². The minimum absolute atomic E-state index is 0.0273. The van der Waals surface area contributed by atoms with Gasteiger partial charge in [0.15, 0.2) is 5.78 Å². The van der Waals surface area contributed by atoms with Gasteiger partial charge in [0.05, 0.1) is 17.0 Å². The second-order valence-electron chi connectivity index (χ2n) is 2.25. The van der Waals surface area contributed by atoms with Gasteiger partial charge in [-0.3, -0.25) is 4.79 Å². The normalized spacial score (nSPS) is 9.00. The molecule has 0 aliphatic heterocycles. The standard InChI is InChI=1S/C9H6BrNO/c10-5-9(12)8-3-1-7(6-11)2-4-8/h1-4H,5H2/i1+2,2+2,3+2,4+2,7+2,8+2. The average molecular weight is 236 g/mol. The molecule has 0 spiro atoms. The fourth-order valence-electron chi connectivity index (χ4n) is 0.808. The maximum atomic E-state index is 11.1. The molecule has 1 aromatic rings. The van der Waals surface area contributed by atoms with Gasteiger partial charge in [0.2, 0.25) is 0 Å². The number of alkyl halides is 1. The summed E-state index contributed by atoms with van der Waals surface area (Å²) in [5.74, 6) is 0.0273. The van der Waals surface area contributed by atoms with E-state index in [0.29, 0.717) is 16.5 Å². The second-order valence-corrected chi connectivity index (χ2v) is 2.81. The van der Waals surface area contributed by atoms with E-state index in [1.165, 1.54) is 0 Å². The minimum Gasteiger partial charge on any atom is -0.293 e. The molecule has 0 bridgehead atoms. The summed E-state index contributed by atoms with van der Waals surface area (Å²) < 4.78 is 0. The van der Waals surface area contributed by atoms with Crippen LogP contribution in [0.25, 0.3) is 0 Å². The molecule has 0 N–H and O–H groups in total. The minimum atomic E-state index is 0.0273. The summed E-state index contributed by atoms with van der Waals surface area (Å²) in [6, 6.07) is 8.57. The van der Waals surface area contributed by atoms with Crippen molar-refractivity contribution in [3.63, 3.8) is 0 Å². The average Bonchev–Trinajstić information content (AvgIpc) is 2.17. The molecule has 1 rings (SSSR count). The van der Waals surface area contributed by atoms with Crippen molar-refractivity contribution in [1.29, 1.82) is 5.26 Å². The van der Waals surface area contributed by atoms with Crippen molar-refractivity contribution in [3.05, 3.63) is 35.4 Å². The first kappa shape index (κ1) is 8.95. The molecule has 0 saturated heterocycles. The fourth-order valence-corrected chi connectivity index (χ4v) is 1.13. The highest BCUT2D eigenvalue weighted by Crippen LogP contribution is 2.05. The quantitative estimate of drug-likeness (QED) is 0.582. The lowest BCUT2D eigenvalue weighted by Gasteiger charge is -1.95. The molecule has 0 radical (unpaired) electrons. The lowest BCUT2D eigenvalue weighted by molar-refractivity contribution is 0.102. The summed E-state index contributed by atoms with van der Waals surface area (Å²) in [6.45, 7) is 0. The van der Waals surface area contributed by atoms with E-state index >= 15 is 0 Å². The molecule has 0 aliphatic carbocycles. The van der Waals surface area contributed by atoms with Gasteiger partial charge < -0.3 is 0 Å². The Morgan fingerprint density at radius 2 is 2.00 bits per heavy atom. The van der Waals surface area contributed by atoms with Gasteiger partial charge in [-0.1, -0.05) is 28.1 Å². The van der Waals surface area contributed by atoms with Gasteiger partial charge >= 0.3 is 0 Å². The summed E-state index contributed by atoms with van der Waals surface area (Å²) in [7, 11) is 0. The Morgan fingerprint density at radius 3 is 2.42 bits per heavy atom. The first-order valence-corrected chi connectivity index (χ1v) is 4.49. The smallest absolute Gasteiger partial charge is 0.173 e. The number of nitriles is 1. The van der Waals surface area contributed by atoms with Crippen LogP contribution in [0.2, 0.25) is 0 Å². The highest BCUT2D eigenvalue weighted by atomic mass is 79.9. The van der Waals surface area contributed by atoms with Gasteiger partial charge in [-0.05, 0) is 12.1 Å². The Kier molecular flexibility index (Phi) is 3.01. The summed E-state index contributed by atoms with van der Waals surface area (Å²) >= 11 is 3.07. The molecule has 0 saturated carbocycles. The molecule has 0 aliphatic rings. The predicted octanol–water partition coefficient (Wildman–Crippen LogP) is 2.14. The summed E-state index contributed by atoms with van der Waals surface area (Å²) in [5.41, 5.74) is 1.20. The van der Waals surface area contributed by atoms with E-state index in [-0.39, 0.29) is 5.78 Å². The van der Waals surface area contributed by atoms with Gasteiger partial charge in [0.1, 0.15) is 0 Å². The number of benzene rings is 1. The third-order valence-electron chi connectivity index (χ3n) is 1.46. The molecule has 0 aromatic heterocycles. The Hall–Kier alpha value is -1.14. The van der Waals surface area contributed by atoms with E-state index in [0.717, 1.165) is 0 Å². The van der Waals surface area contributed by atoms with Gasteiger partial charge in [0, 0.05) is 5.56 Å². The number of rotatable bonds is 2. The molecule has 2 nitrogen and oxygen atoms in total. The maximum Gasteiger partial charge on any atom is 0.173 e. The van der Waals surface area contributed by atoms with Crippen LogP contribution in [0.4, 0.5) is 0 Å². The molecule has 0 atom stereocenters. The van der Waals surface area contributed by atoms with Gasteiger partial charge in [-0.15, -0.1) is 0 Å². The van der Waals surface area contributed by atoms with Crippen LogP contribution in [0.3, 0.4) is 0 Å². The van der Waals surface area contributed by atoms with Crippen LogP contribution in [0, 0.1) is 11.3 Å². The maximum absolute atomic E-state index is 11.1. The van der Waals surface area contributed by atoms with Crippen LogP contribution in [-0.4, -0.2) is 11.1 Å². The first-order chi connectivity index (χ1) is 5.77. The largest absolute Gasteiger partial charge is 0.293 e. The first-order valence-electron chi connectivity index (χ1n) is 3.37. The lowest BCUT2D eigenvalue weighted by Crippen LogP contribution is -1.98. The van der Waals surface area contributed by atoms with Crippen LogP contribution in [0.5, 0.6) is 0 Å². The summed E-state index contributed by atoms with van der Waals surface area (Å²) in [5, 5.41) is 8.80. The zero-order valence-electron chi connectivity index (χ0n) is 6.25. The van der Waals surface area contributed by atoms with E-state index in [2.05, 4.69) is 15.9 Å². The van der Waals surface area contributed by atoms with Crippen molar-refractivity contribution < 1.29 is 4.79 Å². The summed E-state index contributed by atoms with van der Waals surface area (Å²) in [4.78, 5) is 11.1. The third-order valence-corrected chi connectivity index (χ3v) is 1.97. The molecule has 0 heterocycles. The molecule has 3 heteroatoms. The Balaban J connectivity index is 2.94. The predicted molar refractivity (Wildman–Crippen MR) is 49.3 cm³/mol. The molecular weight excluding hydrogens is 230 g/mol. The molecule has 0 unspecified atom stereocenters. The SMILES string of the molecule is N#C[14c]1[14cH][14cH][14c](C(=O)CBr)[14cH][14cH]1. The Labute approximate surface area is 78.9 Å². The van der Waals surface area contributed by atoms with Gasteiger partial charge in [0.25, 0.3) is 0 Å². The van der Waals surface area contributed by atoms with Crippen LogP contribution in [0.15, 0.2) is 24.3 Å². The lowest BCUT2D eigenvalue weighted by atomic mass is 10.8. The van der Waals surface area contributed by atoms with Crippen molar-refractivity contribution >= 4 is 21.7 Å². The van der Waals surface area contributed by atoms with E-state index in [1.807, 2.05) is 6.07 Å². The molecule has 1 aromatic carbocycles. The zero-order chi connectivity index (χ0) is 8.97.